The zero-order chi connectivity index (χ0) is 16.4. The van der Waals surface area contributed by atoms with Gasteiger partial charge in [0.15, 0.2) is 0 Å². The summed E-state index contributed by atoms with van der Waals surface area (Å²) in [4.78, 5) is 6.89. The number of likely N-dealkylation sites (tertiary alicyclic amines) is 1. The van der Waals surface area contributed by atoms with Gasteiger partial charge in [0, 0.05) is 36.3 Å². The number of aromatic nitrogens is 1. The van der Waals surface area contributed by atoms with Crippen LogP contribution in [0.3, 0.4) is 0 Å². The first-order chi connectivity index (χ1) is 11.7. The lowest BCUT2D eigenvalue weighted by Crippen LogP contribution is -2.58. The fraction of sp³-hybridized carbons (Fsp3) is 0.450. The van der Waals surface area contributed by atoms with Crippen LogP contribution in [-0.4, -0.2) is 39.6 Å². The van der Waals surface area contributed by atoms with Gasteiger partial charge in [-0.05, 0) is 31.0 Å². The van der Waals surface area contributed by atoms with E-state index in [1.54, 1.807) is 0 Å². The average molecular weight is 340 g/mol. The average Bonchev–Trinajstić information content (AvgIpc) is 3.00. The Bertz CT molecular complexity index is 668. The molecule has 0 amide bonds. The van der Waals surface area contributed by atoms with E-state index in [1.807, 2.05) is 24.4 Å². The number of aryl methyl sites for hydroxylation is 1. The number of thioether (sulfide) groups is 1. The van der Waals surface area contributed by atoms with E-state index in [4.69, 9.17) is 4.74 Å². The Labute approximate surface area is 148 Å². The van der Waals surface area contributed by atoms with Gasteiger partial charge >= 0.3 is 0 Å². The number of hydrogen-bond donors (Lipinski definition) is 0. The van der Waals surface area contributed by atoms with E-state index in [2.05, 4.69) is 52.8 Å². The predicted molar refractivity (Wildman–Crippen MR) is 99.1 cm³/mol. The minimum absolute atomic E-state index is 0.374. The molecule has 0 saturated carbocycles. The van der Waals surface area contributed by atoms with Crippen molar-refractivity contribution in [1.29, 1.82) is 0 Å². The van der Waals surface area contributed by atoms with Gasteiger partial charge in [-0.1, -0.05) is 35.9 Å². The van der Waals surface area contributed by atoms with Crippen molar-refractivity contribution in [3.05, 3.63) is 65.5 Å². The van der Waals surface area contributed by atoms with Crippen LogP contribution in [0.15, 0.2) is 48.7 Å². The molecule has 2 saturated heterocycles. The van der Waals surface area contributed by atoms with Crippen molar-refractivity contribution < 1.29 is 4.74 Å². The monoisotopic (exact) mass is 340 g/mol. The fourth-order valence-electron chi connectivity index (χ4n) is 3.65. The third-order valence-electron chi connectivity index (χ3n) is 4.92. The normalized spacial score (nSPS) is 22.6. The highest BCUT2D eigenvalue weighted by molar-refractivity contribution is 8.01. The molecule has 1 aromatic heterocycles. The van der Waals surface area contributed by atoms with Crippen molar-refractivity contribution in [2.75, 3.05) is 18.8 Å². The second kappa shape index (κ2) is 6.87. The molecule has 1 spiro atoms. The van der Waals surface area contributed by atoms with Gasteiger partial charge in [-0.2, -0.15) is 0 Å². The maximum absolute atomic E-state index is 6.09. The van der Waals surface area contributed by atoms with E-state index in [0.717, 1.165) is 18.0 Å². The van der Waals surface area contributed by atoms with Gasteiger partial charge in [0.05, 0.1) is 18.4 Å². The zero-order valence-corrected chi connectivity index (χ0v) is 15.0. The van der Waals surface area contributed by atoms with Crippen LogP contribution in [0.1, 0.15) is 23.2 Å². The van der Waals surface area contributed by atoms with E-state index in [1.165, 1.54) is 30.6 Å². The Balaban J connectivity index is 1.23. The standard InChI is InChI=1S/C20H24N2OS/c1-16-5-7-17(8-6-16)11-22-14-20(15-22)10-19(13-24-20)23-12-18-4-2-3-9-21-18/h2-9,19H,10-15H2,1H3. The molecule has 0 bridgehead atoms. The third kappa shape index (κ3) is 3.66. The van der Waals surface area contributed by atoms with E-state index in [9.17, 15) is 0 Å². The lowest BCUT2D eigenvalue weighted by Gasteiger charge is -2.47. The van der Waals surface area contributed by atoms with Crippen molar-refractivity contribution in [3.8, 4) is 0 Å². The number of rotatable bonds is 5. The molecule has 2 fully saturated rings. The smallest absolute Gasteiger partial charge is 0.0892 e. The molecule has 1 unspecified atom stereocenters. The molecule has 2 aliphatic rings. The van der Waals surface area contributed by atoms with Crippen molar-refractivity contribution in [2.24, 2.45) is 0 Å². The lowest BCUT2D eigenvalue weighted by molar-refractivity contribution is 0.0251. The number of pyridine rings is 1. The number of hydrogen-bond acceptors (Lipinski definition) is 4. The lowest BCUT2D eigenvalue weighted by atomic mass is 9.92. The van der Waals surface area contributed by atoms with Gasteiger partial charge in [-0.25, -0.2) is 0 Å². The van der Waals surface area contributed by atoms with Gasteiger partial charge < -0.3 is 4.74 Å². The summed E-state index contributed by atoms with van der Waals surface area (Å²) in [5, 5.41) is 0. The molecule has 126 valence electrons. The van der Waals surface area contributed by atoms with Gasteiger partial charge in [0.2, 0.25) is 0 Å². The summed E-state index contributed by atoms with van der Waals surface area (Å²) < 4.78 is 6.52. The van der Waals surface area contributed by atoms with Crippen LogP contribution < -0.4 is 0 Å². The molecule has 0 aliphatic carbocycles. The highest BCUT2D eigenvalue weighted by atomic mass is 32.2. The minimum atomic E-state index is 0.374. The van der Waals surface area contributed by atoms with Crippen LogP contribution >= 0.6 is 11.8 Å². The molecule has 4 heteroatoms. The quantitative estimate of drug-likeness (QED) is 0.829. The molecule has 0 radical (unpaired) electrons. The molecule has 3 heterocycles. The van der Waals surface area contributed by atoms with Crippen LogP contribution in [-0.2, 0) is 17.9 Å². The highest BCUT2D eigenvalue weighted by Gasteiger charge is 2.49. The van der Waals surface area contributed by atoms with Gasteiger partial charge in [0.1, 0.15) is 0 Å². The summed E-state index contributed by atoms with van der Waals surface area (Å²) in [5.74, 6) is 1.12. The molecule has 24 heavy (non-hydrogen) atoms. The van der Waals surface area contributed by atoms with Crippen molar-refractivity contribution in [2.45, 2.75) is 37.3 Å². The first-order valence-electron chi connectivity index (χ1n) is 8.64. The van der Waals surface area contributed by atoms with Crippen LogP contribution in [0.4, 0.5) is 0 Å². The first-order valence-corrected chi connectivity index (χ1v) is 9.63. The van der Waals surface area contributed by atoms with Crippen LogP contribution in [0.5, 0.6) is 0 Å². The van der Waals surface area contributed by atoms with Crippen molar-refractivity contribution >= 4 is 11.8 Å². The molecule has 1 aromatic carbocycles. The van der Waals surface area contributed by atoms with E-state index in [0.29, 0.717) is 17.5 Å². The van der Waals surface area contributed by atoms with Gasteiger partial charge in [-0.15, -0.1) is 11.8 Å². The van der Waals surface area contributed by atoms with Crippen molar-refractivity contribution in [1.82, 2.24) is 9.88 Å². The zero-order valence-electron chi connectivity index (χ0n) is 14.1. The largest absolute Gasteiger partial charge is 0.371 e. The summed E-state index contributed by atoms with van der Waals surface area (Å²) in [5.41, 5.74) is 3.78. The summed E-state index contributed by atoms with van der Waals surface area (Å²) in [6, 6.07) is 14.9. The van der Waals surface area contributed by atoms with Crippen LogP contribution in [0.25, 0.3) is 0 Å². The Morgan fingerprint density at radius 2 is 2.04 bits per heavy atom. The second-order valence-corrected chi connectivity index (χ2v) is 8.57. The van der Waals surface area contributed by atoms with Crippen LogP contribution in [0.2, 0.25) is 0 Å². The van der Waals surface area contributed by atoms with Crippen molar-refractivity contribution in [3.63, 3.8) is 0 Å². The molecular formula is C20H24N2OS. The summed E-state index contributed by atoms with van der Waals surface area (Å²) in [6.07, 6.45) is 3.38. The van der Waals surface area contributed by atoms with E-state index >= 15 is 0 Å². The summed E-state index contributed by atoms with van der Waals surface area (Å²) in [7, 11) is 0. The highest BCUT2D eigenvalue weighted by Crippen LogP contribution is 2.46. The maximum Gasteiger partial charge on any atom is 0.0892 e. The Hall–Kier alpha value is -1.36. The molecule has 4 rings (SSSR count). The summed E-state index contributed by atoms with van der Waals surface area (Å²) >= 11 is 2.10. The molecule has 1 atom stereocenters. The fourth-order valence-corrected chi connectivity index (χ4v) is 5.25. The number of benzene rings is 1. The number of nitrogens with zero attached hydrogens (tertiary/aromatic N) is 2. The number of ether oxygens (including phenoxy) is 1. The molecule has 0 N–H and O–H groups in total. The first kappa shape index (κ1) is 16.1. The topological polar surface area (TPSA) is 25.4 Å². The molecular weight excluding hydrogens is 316 g/mol. The van der Waals surface area contributed by atoms with Gasteiger partial charge in [-0.3, -0.25) is 9.88 Å². The SMILES string of the molecule is Cc1ccc(CN2CC3(CC(OCc4ccccn4)CS3)C2)cc1. The molecule has 2 aliphatic heterocycles. The third-order valence-corrected chi connectivity index (χ3v) is 6.49. The Kier molecular flexibility index (Phi) is 4.61. The van der Waals surface area contributed by atoms with E-state index < -0.39 is 0 Å². The van der Waals surface area contributed by atoms with E-state index in [-0.39, 0.29) is 0 Å². The maximum atomic E-state index is 6.09. The Morgan fingerprint density at radius 1 is 1.21 bits per heavy atom. The second-order valence-electron chi connectivity index (χ2n) is 7.08. The Morgan fingerprint density at radius 3 is 2.79 bits per heavy atom. The molecule has 3 nitrogen and oxygen atoms in total. The molecule has 2 aromatic rings. The van der Waals surface area contributed by atoms with Gasteiger partial charge in [0.25, 0.3) is 0 Å². The minimum Gasteiger partial charge on any atom is -0.371 e. The predicted octanol–water partition coefficient (Wildman–Crippen LogP) is 3.67. The summed E-state index contributed by atoms with van der Waals surface area (Å²) in [6.45, 7) is 6.23. The van der Waals surface area contributed by atoms with Crippen LogP contribution in [0, 0.1) is 6.92 Å².